The number of fused-ring (bicyclic) bond motifs is 1. The Hall–Kier alpha value is -0.940. The van der Waals surface area contributed by atoms with Crippen LogP contribution in [0.3, 0.4) is 0 Å². The minimum atomic E-state index is -0.440. The van der Waals surface area contributed by atoms with Gasteiger partial charge in [-0.2, -0.15) is 0 Å². The van der Waals surface area contributed by atoms with Crippen LogP contribution in [0.5, 0.6) is 0 Å². The summed E-state index contributed by atoms with van der Waals surface area (Å²) in [5.41, 5.74) is 2.71. The van der Waals surface area contributed by atoms with Crippen molar-refractivity contribution in [3.63, 3.8) is 0 Å². The molecule has 1 aromatic rings. The van der Waals surface area contributed by atoms with Gasteiger partial charge in [0.2, 0.25) is 0 Å². The van der Waals surface area contributed by atoms with Crippen LogP contribution in [0.2, 0.25) is 0 Å². The highest BCUT2D eigenvalue weighted by Crippen LogP contribution is 2.32. The van der Waals surface area contributed by atoms with Crippen LogP contribution in [0.15, 0.2) is 24.3 Å². The maximum absolute atomic E-state index is 10.4. The third-order valence-electron chi connectivity index (χ3n) is 5.08. The molecule has 0 spiro atoms. The normalized spacial score (nSPS) is 27.2. The van der Waals surface area contributed by atoms with Crippen LogP contribution in [0.25, 0.3) is 0 Å². The molecule has 3 atom stereocenters. The van der Waals surface area contributed by atoms with Crippen molar-refractivity contribution >= 4 is 0 Å². The topological polar surface area (TPSA) is 41.9 Å². The molecule has 23 heavy (non-hydrogen) atoms. The van der Waals surface area contributed by atoms with E-state index < -0.39 is 6.10 Å². The highest BCUT2D eigenvalue weighted by atomic mass is 16.5. The standard InChI is InChI=1S/C19H29NO3/c1-15-9-11-22-12-10-20(15)13-17(21)14-23-19-8-4-6-16-5-2-3-7-18(16)19/h2-3,5,7,15,17,19,21H,4,6,8-14H2,1H3. The van der Waals surface area contributed by atoms with Gasteiger partial charge in [0.25, 0.3) is 0 Å². The molecule has 1 heterocycles. The number of rotatable bonds is 5. The molecule has 1 aliphatic carbocycles. The lowest BCUT2D eigenvalue weighted by Crippen LogP contribution is -2.41. The zero-order valence-electron chi connectivity index (χ0n) is 14.1. The number of ether oxygens (including phenoxy) is 2. The first-order chi connectivity index (χ1) is 11.2. The Bertz CT molecular complexity index is 493. The molecule has 4 heteroatoms. The van der Waals surface area contributed by atoms with Gasteiger partial charge < -0.3 is 14.6 Å². The van der Waals surface area contributed by atoms with E-state index in [4.69, 9.17) is 9.47 Å². The van der Waals surface area contributed by atoms with E-state index in [2.05, 4.69) is 36.1 Å². The monoisotopic (exact) mass is 319 g/mol. The molecule has 128 valence electrons. The molecule has 0 aromatic heterocycles. The van der Waals surface area contributed by atoms with Crippen LogP contribution in [0.1, 0.15) is 43.4 Å². The van der Waals surface area contributed by atoms with Crippen molar-refractivity contribution in [2.45, 2.75) is 50.9 Å². The number of aliphatic hydroxyl groups is 1. The first kappa shape index (κ1) is 16.9. The number of β-amino-alcohol motifs (C(OH)–C–C–N with tert-alkyl or cyclic N) is 1. The molecule has 1 saturated heterocycles. The van der Waals surface area contributed by atoms with E-state index >= 15 is 0 Å². The number of benzene rings is 1. The van der Waals surface area contributed by atoms with Gasteiger partial charge in [0.15, 0.2) is 0 Å². The molecule has 3 rings (SSSR count). The Morgan fingerprint density at radius 1 is 1.30 bits per heavy atom. The molecular formula is C19H29NO3. The molecule has 1 aliphatic heterocycles. The third kappa shape index (κ3) is 4.54. The highest BCUT2D eigenvalue weighted by molar-refractivity contribution is 5.31. The largest absolute Gasteiger partial charge is 0.389 e. The zero-order valence-corrected chi connectivity index (χ0v) is 14.1. The van der Waals surface area contributed by atoms with Crippen LogP contribution < -0.4 is 0 Å². The molecular weight excluding hydrogens is 290 g/mol. The molecule has 1 fully saturated rings. The van der Waals surface area contributed by atoms with E-state index in [-0.39, 0.29) is 6.10 Å². The van der Waals surface area contributed by atoms with E-state index in [0.717, 1.165) is 45.4 Å². The fourth-order valence-corrected chi connectivity index (χ4v) is 3.65. The smallest absolute Gasteiger partial charge is 0.0900 e. The average Bonchev–Trinajstić information content (AvgIpc) is 2.77. The summed E-state index contributed by atoms with van der Waals surface area (Å²) in [5, 5.41) is 10.4. The number of aliphatic hydroxyl groups excluding tert-OH is 1. The van der Waals surface area contributed by atoms with Gasteiger partial charge in [0, 0.05) is 25.7 Å². The minimum absolute atomic E-state index is 0.138. The van der Waals surface area contributed by atoms with Gasteiger partial charge in [-0.1, -0.05) is 24.3 Å². The second kappa shape index (κ2) is 8.25. The summed E-state index contributed by atoms with van der Waals surface area (Å²) in [4.78, 5) is 2.32. The average molecular weight is 319 g/mol. The van der Waals surface area contributed by atoms with Crippen LogP contribution in [-0.2, 0) is 15.9 Å². The van der Waals surface area contributed by atoms with Crippen LogP contribution in [0, 0.1) is 0 Å². The zero-order chi connectivity index (χ0) is 16.1. The second-order valence-corrected chi connectivity index (χ2v) is 6.81. The van der Waals surface area contributed by atoms with Crippen LogP contribution in [0.4, 0.5) is 0 Å². The van der Waals surface area contributed by atoms with Gasteiger partial charge in [-0.25, -0.2) is 0 Å². The van der Waals surface area contributed by atoms with Crippen molar-refractivity contribution in [1.29, 1.82) is 0 Å². The fourth-order valence-electron chi connectivity index (χ4n) is 3.65. The van der Waals surface area contributed by atoms with Gasteiger partial charge in [-0.05, 0) is 43.7 Å². The Kier molecular flexibility index (Phi) is 6.06. The molecule has 1 N–H and O–H groups in total. The lowest BCUT2D eigenvalue weighted by molar-refractivity contribution is -0.0315. The summed E-state index contributed by atoms with van der Waals surface area (Å²) in [6, 6.07) is 9.00. The molecule has 0 bridgehead atoms. The van der Waals surface area contributed by atoms with Crippen molar-refractivity contribution in [2.75, 3.05) is 32.9 Å². The lowest BCUT2D eigenvalue weighted by Gasteiger charge is -2.30. The van der Waals surface area contributed by atoms with E-state index in [1.165, 1.54) is 11.1 Å². The van der Waals surface area contributed by atoms with E-state index in [9.17, 15) is 5.11 Å². The SMILES string of the molecule is CC1CCOCCN1CC(O)COC1CCCc2ccccc21. The number of aryl methyl sites for hydroxylation is 1. The molecule has 0 saturated carbocycles. The third-order valence-corrected chi connectivity index (χ3v) is 5.08. The van der Waals surface area contributed by atoms with Crippen molar-refractivity contribution in [3.05, 3.63) is 35.4 Å². The lowest BCUT2D eigenvalue weighted by atomic mass is 9.89. The first-order valence-electron chi connectivity index (χ1n) is 8.93. The van der Waals surface area contributed by atoms with Crippen LogP contribution >= 0.6 is 0 Å². The summed E-state index contributed by atoms with van der Waals surface area (Å²) >= 11 is 0. The van der Waals surface area contributed by atoms with Gasteiger partial charge in [-0.15, -0.1) is 0 Å². The van der Waals surface area contributed by atoms with Gasteiger partial charge >= 0.3 is 0 Å². The van der Waals surface area contributed by atoms with Gasteiger partial charge in [-0.3, -0.25) is 4.90 Å². The van der Waals surface area contributed by atoms with Crippen molar-refractivity contribution < 1.29 is 14.6 Å². The van der Waals surface area contributed by atoms with Gasteiger partial charge in [0.1, 0.15) is 0 Å². The summed E-state index contributed by atoms with van der Waals surface area (Å²) in [6.45, 7) is 5.75. The predicted molar refractivity (Wildman–Crippen MR) is 90.6 cm³/mol. The summed E-state index contributed by atoms with van der Waals surface area (Å²) in [5.74, 6) is 0. The van der Waals surface area contributed by atoms with Crippen LogP contribution in [-0.4, -0.2) is 55.1 Å². The Balaban J connectivity index is 1.50. The first-order valence-corrected chi connectivity index (χ1v) is 8.93. The molecule has 1 aromatic carbocycles. The van der Waals surface area contributed by atoms with Gasteiger partial charge in [0.05, 0.1) is 25.4 Å². The van der Waals surface area contributed by atoms with Crippen molar-refractivity contribution in [2.24, 2.45) is 0 Å². The highest BCUT2D eigenvalue weighted by Gasteiger charge is 2.23. The molecule has 4 nitrogen and oxygen atoms in total. The summed E-state index contributed by atoms with van der Waals surface area (Å²) < 4.78 is 11.6. The Labute approximate surface area is 139 Å². The summed E-state index contributed by atoms with van der Waals surface area (Å²) in [6.07, 6.45) is 4.09. The maximum Gasteiger partial charge on any atom is 0.0900 e. The maximum atomic E-state index is 10.4. The Morgan fingerprint density at radius 3 is 3.09 bits per heavy atom. The summed E-state index contributed by atoms with van der Waals surface area (Å²) in [7, 11) is 0. The van der Waals surface area contributed by atoms with E-state index in [0.29, 0.717) is 19.2 Å². The molecule has 3 unspecified atom stereocenters. The quantitative estimate of drug-likeness (QED) is 0.906. The minimum Gasteiger partial charge on any atom is -0.389 e. The van der Waals surface area contributed by atoms with Crippen molar-refractivity contribution in [3.8, 4) is 0 Å². The van der Waals surface area contributed by atoms with Crippen molar-refractivity contribution in [1.82, 2.24) is 4.90 Å². The fraction of sp³-hybridized carbons (Fsp3) is 0.684. The number of hydrogen-bond acceptors (Lipinski definition) is 4. The Morgan fingerprint density at radius 2 is 2.17 bits per heavy atom. The predicted octanol–water partition coefficient (Wildman–Crippen LogP) is 2.55. The molecule has 2 aliphatic rings. The second-order valence-electron chi connectivity index (χ2n) is 6.81. The molecule has 0 amide bonds. The number of nitrogens with zero attached hydrogens (tertiary/aromatic N) is 1. The van der Waals surface area contributed by atoms with E-state index in [1.807, 2.05) is 0 Å². The number of hydrogen-bond donors (Lipinski definition) is 1. The van der Waals surface area contributed by atoms with E-state index in [1.54, 1.807) is 0 Å². The molecule has 0 radical (unpaired) electrons.